The average molecular weight is 396 g/mol. The summed E-state index contributed by atoms with van der Waals surface area (Å²) in [6.07, 6.45) is 1.61. The van der Waals surface area contributed by atoms with E-state index < -0.39 is 13.0 Å². The van der Waals surface area contributed by atoms with Gasteiger partial charge in [-0.25, -0.2) is 0 Å². The molecule has 1 aromatic heterocycles. The number of nitro groups is 1. The van der Waals surface area contributed by atoms with Gasteiger partial charge in [0, 0.05) is 36.8 Å². The Labute approximate surface area is 143 Å². The lowest BCUT2D eigenvalue weighted by Gasteiger charge is -2.15. The first-order chi connectivity index (χ1) is 10.7. The summed E-state index contributed by atoms with van der Waals surface area (Å²) in [6.45, 7) is 7.60. The van der Waals surface area contributed by atoms with Gasteiger partial charge in [0.25, 0.3) is 5.69 Å². The first-order valence-electron chi connectivity index (χ1n) is 7.17. The van der Waals surface area contributed by atoms with Crippen molar-refractivity contribution < 1.29 is 9.66 Å². The van der Waals surface area contributed by atoms with E-state index in [9.17, 15) is 15.4 Å². The van der Waals surface area contributed by atoms with Crippen molar-refractivity contribution in [3.8, 4) is 6.07 Å². The molecular weight excluding hydrogens is 378 g/mol. The quantitative estimate of drug-likeness (QED) is 0.312. The monoisotopic (exact) mass is 395 g/mol. The normalized spacial score (nSPS) is 11.6. The molecule has 0 aliphatic heterocycles. The van der Waals surface area contributed by atoms with Gasteiger partial charge in [0.05, 0.1) is 10.5 Å². The molecule has 0 saturated carbocycles. The number of halogens is 1. The van der Waals surface area contributed by atoms with Crippen molar-refractivity contribution in [1.29, 1.82) is 5.26 Å². The Morgan fingerprint density at radius 3 is 2.70 bits per heavy atom. The van der Waals surface area contributed by atoms with Gasteiger partial charge in [0.2, 0.25) is 0 Å². The topological polar surface area (TPSA) is 81.1 Å². The van der Waals surface area contributed by atoms with Crippen molar-refractivity contribution in [3.63, 3.8) is 0 Å². The fraction of sp³-hybridized carbons (Fsp3) is 0.400. The summed E-state index contributed by atoms with van der Waals surface area (Å²) >= 11 is 3.26. The largest absolute Gasteiger partial charge is 0.361 e. The fourth-order valence-corrected chi connectivity index (χ4v) is 3.46. The van der Waals surface area contributed by atoms with E-state index in [1.807, 2.05) is 0 Å². The average Bonchev–Trinajstić information content (AvgIpc) is 2.79. The van der Waals surface area contributed by atoms with Crippen LogP contribution in [0.2, 0.25) is 25.7 Å². The number of nitro benzene ring substituents is 1. The predicted octanol–water partition coefficient (Wildman–Crippen LogP) is 4.50. The van der Waals surface area contributed by atoms with Crippen LogP contribution in [0, 0.1) is 21.4 Å². The smallest absolute Gasteiger partial charge is 0.294 e. The van der Waals surface area contributed by atoms with Crippen molar-refractivity contribution in [1.82, 2.24) is 4.57 Å². The molecular formula is C15H18BrN3O3Si. The summed E-state index contributed by atoms with van der Waals surface area (Å²) in [5.41, 5.74) is 0.783. The van der Waals surface area contributed by atoms with Gasteiger partial charge in [-0.05, 0) is 12.1 Å². The number of ether oxygens (including phenoxy) is 1. The fourth-order valence-electron chi connectivity index (χ4n) is 2.25. The molecule has 0 radical (unpaired) electrons. The first-order valence-corrected chi connectivity index (χ1v) is 11.7. The molecule has 122 valence electrons. The van der Waals surface area contributed by atoms with Crippen LogP contribution in [-0.2, 0) is 11.5 Å². The summed E-state index contributed by atoms with van der Waals surface area (Å²) in [5.74, 6) is 0. The highest BCUT2D eigenvalue weighted by Crippen LogP contribution is 2.33. The van der Waals surface area contributed by atoms with Crippen molar-refractivity contribution >= 4 is 40.6 Å². The van der Waals surface area contributed by atoms with Gasteiger partial charge in [-0.3, -0.25) is 10.1 Å². The molecule has 1 aromatic carbocycles. The van der Waals surface area contributed by atoms with Gasteiger partial charge < -0.3 is 9.30 Å². The summed E-state index contributed by atoms with van der Waals surface area (Å²) in [7, 11) is -1.19. The van der Waals surface area contributed by atoms with E-state index in [0.717, 1.165) is 6.04 Å². The number of hydrogen-bond donors (Lipinski definition) is 0. The zero-order chi connectivity index (χ0) is 17.2. The zero-order valence-corrected chi connectivity index (χ0v) is 15.9. The molecule has 0 aliphatic rings. The van der Waals surface area contributed by atoms with Gasteiger partial charge in [-0.15, -0.1) is 0 Å². The molecule has 0 spiro atoms. The molecule has 0 saturated heterocycles. The molecule has 0 fully saturated rings. The number of aromatic nitrogens is 1. The maximum Gasteiger partial charge on any atom is 0.294 e. The van der Waals surface area contributed by atoms with Gasteiger partial charge in [0.15, 0.2) is 0 Å². The second-order valence-electron chi connectivity index (χ2n) is 6.55. The van der Waals surface area contributed by atoms with Crippen LogP contribution < -0.4 is 0 Å². The number of rotatable bonds is 6. The molecule has 0 atom stereocenters. The highest BCUT2D eigenvalue weighted by atomic mass is 79.9. The standard InChI is InChI=1S/C15H18BrN3O3Si/c1-23(2,3)5-4-22-10-18-9-11(8-17)13-6-12(16)7-14(15(13)18)19(20)21/h6-7,9H,4-5,10H2,1-3H3. The van der Waals surface area contributed by atoms with E-state index in [2.05, 4.69) is 41.6 Å². The third-order valence-electron chi connectivity index (χ3n) is 3.46. The van der Waals surface area contributed by atoms with Crippen LogP contribution in [0.25, 0.3) is 10.9 Å². The molecule has 6 nitrogen and oxygen atoms in total. The van der Waals surface area contributed by atoms with Crippen LogP contribution >= 0.6 is 15.9 Å². The summed E-state index contributed by atoms with van der Waals surface area (Å²) < 4.78 is 7.90. The van der Waals surface area contributed by atoms with Crippen molar-refractivity contribution in [2.45, 2.75) is 32.4 Å². The molecule has 1 heterocycles. The Bertz CT molecular complexity index is 790. The second-order valence-corrected chi connectivity index (χ2v) is 13.1. The molecule has 23 heavy (non-hydrogen) atoms. The minimum Gasteiger partial charge on any atom is -0.361 e. The van der Waals surface area contributed by atoms with Crippen LogP contribution in [0.1, 0.15) is 5.56 Å². The number of nitriles is 1. The van der Waals surface area contributed by atoms with Gasteiger partial charge >= 0.3 is 0 Å². The molecule has 0 bridgehead atoms. The van der Waals surface area contributed by atoms with E-state index in [-0.39, 0.29) is 12.4 Å². The Morgan fingerprint density at radius 2 is 2.13 bits per heavy atom. The van der Waals surface area contributed by atoms with Gasteiger partial charge in [0.1, 0.15) is 18.3 Å². The zero-order valence-electron chi connectivity index (χ0n) is 13.3. The minimum atomic E-state index is -1.19. The molecule has 0 aliphatic carbocycles. The number of hydrogen-bond acceptors (Lipinski definition) is 4. The lowest BCUT2D eigenvalue weighted by atomic mass is 10.1. The van der Waals surface area contributed by atoms with E-state index in [0.29, 0.717) is 27.5 Å². The van der Waals surface area contributed by atoms with Crippen LogP contribution in [0.15, 0.2) is 22.8 Å². The highest BCUT2D eigenvalue weighted by Gasteiger charge is 2.21. The number of fused-ring (bicyclic) bond motifs is 1. The summed E-state index contributed by atoms with van der Waals surface area (Å²) in [5, 5.41) is 21.2. The van der Waals surface area contributed by atoms with E-state index in [1.165, 1.54) is 6.07 Å². The molecule has 0 amide bonds. The summed E-state index contributed by atoms with van der Waals surface area (Å²) in [4.78, 5) is 10.9. The van der Waals surface area contributed by atoms with E-state index >= 15 is 0 Å². The molecule has 2 rings (SSSR count). The number of benzene rings is 1. The predicted molar refractivity (Wildman–Crippen MR) is 95.1 cm³/mol. The molecule has 2 aromatic rings. The minimum absolute atomic E-state index is 0.0373. The van der Waals surface area contributed by atoms with E-state index in [1.54, 1.807) is 16.8 Å². The molecule has 0 unspecified atom stereocenters. The Balaban J connectivity index is 2.36. The maximum atomic E-state index is 11.3. The third kappa shape index (κ3) is 4.19. The lowest BCUT2D eigenvalue weighted by molar-refractivity contribution is -0.383. The van der Waals surface area contributed by atoms with Crippen molar-refractivity contribution in [3.05, 3.63) is 38.5 Å². The van der Waals surface area contributed by atoms with Crippen molar-refractivity contribution in [2.75, 3.05) is 6.61 Å². The number of non-ortho nitro benzene ring substituents is 1. The SMILES string of the molecule is C[Si](C)(C)CCOCn1cc(C#N)c2cc(Br)cc([N+](=O)[O-])c21. The Kier molecular flexibility index (Phi) is 5.24. The van der Waals surface area contributed by atoms with Gasteiger partial charge in [-0.1, -0.05) is 35.6 Å². The van der Waals surface area contributed by atoms with Crippen LogP contribution in [0.5, 0.6) is 0 Å². The Morgan fingerprint density at radius 1 is 1.43 bits per heavy atom. The molecule has 0 N–H and O–H groups in total. The Hall–Kier alpha value is -1.69. The van der Waals surface area contributed by atoms with Crippen molar-refractivity contribution in [2.24, 2.45) is 0 Å². The lowest BCUT2D eigenvalue weighted by Crippen LogP contribution is -2.22. The van der Waals surface area contributed by atoms with E-state index in [4.69, 9.17) is 4.74 Å². The third-order valence-corrected chi connectivity index (χ3v) is 5.62. The summed E-state index contributed by atoms with van der Waals surface area (Å²) in [6, 6.07) is 6.27. The first kappa shape index (κ1) is 17.7. The van der Waals surface area contributed by atoms with Crippen LogP contribution in [0.4, 0.5) is 5.69 Å². The second kappa shape index (κ2) is 6.82. The van der Waals surface area contributed by atoms with Crippen LogP contribution in [-0.4, -0.2) is 24.2 Å². The maximum absolute atomic E-state index is 11.3. The number of nitrogens with zero attached hydrogens (tertiary/aromatic N) is 3. The highest BCUT2D eigenvalue weighted by molar-refractivity contribution is 9.10. The van der Waals surface area contributed by atoms with Crippen LogP contribution in [0.3, 0.4) is 0 Å². The van der Waals surface area contributed by atoms with Gasteiger partial charge in [-0.2, -0.15) is 5.26 Å². The molecule has 8 heteroatoms.